The average Bonchev–Trinajstić information content (AvgIpc) is 2.76. The van der Waals surface area contributed by atoms with Gasteiger partial charge >= 0.3 is 0 Å². The number of aromatic nitrogens is 3. The van der Waals surface area contributed by atoms with Crippen LogP contribution in [0, 0.1) is 23.2 Å². The Bertz CT molecular complexity index is 1020. The third kappa shape index (κ3) is 4.02. The number of rotatable bonds is 6. The van der Waals surface area contributed by atoms with Gasteiger partial charge in [0, 0.05) is 25.0 Å². The molecule has 3 aliphatic carbocycles. The second-order valence-corrected chi connectivity index (χ2v) is 10.4. The summed E-state index contributed by atoms with van der Waals surface area (Å²) in [5.74, 6) is 1.71. The minimum absolute atomic E-state index is 0.262. The molecule has 1 amide bonds. The number of hydrogen-bond donors (Lipinski definition) is 2. The second-order valence-electron chi connectivity index (χ2n) is 9.58. The maximum atomic E-state index is 12.9. The highest BCUT2D eigenvalue weighted by atomic mass is 79.9. The number of amides is 1. The number of hydrogen-bond acceptors (Lipinski definition) is 5. The third-order valence-electron chi connectivity index (χ3n) is 7.60. The molecule has 31 heavy (non-hydrogen) atoms. The van der Waals surface area contributed by atoms with Gasteiger partial charge in [0.15, 0.2) is 0 Å². The Labute approximate surface area is 191 Å². The minimum atomic E-state index is -0.721. The zero-order valence-electron chi connectivity index (χ0n) is 18.4. The second kappa shape index (κ2) is 8.37. The van der Waals surface area contributed by atoms with Crippen molar-refractivity contribution in [2.45, 2.75) is 59.2 Å². The lowest BCUT2D eigenvalue weighted by atomic mass is 9.45. The van der Waals surface area contributed by atoms with Gasteiger partial charge in [-0.3, -0.25) is 14.6 Å². The number of anilines is 1. The van der Waals surface area contributed by atoms with Crippen molar-refractivity contribution in [2.24, 2.45) is 23.2 Å². The molecule has 3 fully saturated rings. The summed E-state index contributed by atoms with van der Waals surface area (Å²) in [5, 5.41) is 10.7. The molecule has 2 heterocycles. The Morgan fingerprint density at radius 2 is 2.03 bits per heavy atom. The monoisotopic (exact) mass is 487 g/mol. The molecule has 2 aromatic heterocycles. The highest BCUT2D eigenvalue weighted by Gasteiger charge is 2.56. The molecule has 2 N–H and O–H groups in total. The fraction of sp³-hybridized carbons (Fsp3) is 0.565. The van der Waals surface area contributed by atoms with Crippen molar-refractivity contribution in [2.75, 3.05) is 5.32 Å². The maximum absolute atomic E-state index is 12.9. The Morgan fingerprint density at radius 1 is 1.32 bits per heavy atom. The van der Waals surface area contributed by atoms with Crippen LogP contribution >= 0.6 is 15.9 Å². The van der Waals surface area contributed by atoms with Gasteiger partial charge in [0.05, 0.1) is 11.9 Å². The summed E-state index contributed by atoms with van der Waals surface area (Å²) in [4.78, 5) is 29.5. The van der Waals surface area contributed by atoms with E-state index in [2.05, 4.69) is 57.4 Å². The molecule has 3 aliphatic rings. The molecule has 0 spiro atoms. The number of nitrogens with zero attached hydrogens (tertiary/aromatic N) is 3. The van der Waals surface area contributed by atoms with E-state index < -0.39 is 6.04 Å². The Kier molecular flexibility index (Phi) is 5.94. The zero-order valence-corrected chi connectivity index (χ0v) is 20.0. The Balaban J connectivity index is 1.43. The number of halogens is 1. The van der Waals surface area contributed by atoms with Gasteiger partial charge in [-0.25, -0.2) is 4.68 Å². The van der Waals surface area contributed by atoms with E-state index >= 15 is 0 Å². The van der Waals surface area contributed by atoms with Crippen LogP contribution in [0.25, 0.3) is 0 Å². The van der Waals surface area contributed by atoms with Gasteiger partial charge in [-0.2, -0.15) is 5.10 Å². The normalized spacial score (nSPS) is 27.1. The van der Waals surface area contributed by atoms with Crippen LogP contribution in [-0.4, -0.2) is 26.7 Å². The SMILES string of the molecule is CC(C(=O)NCc1ccncc1)n1ncc(N[C@@H]2C[C@@H]3C[C@H]([C@H]2C)C3(C)C)c(Br)c1=O. The summed E-state index contributed by atoms with van der Waals surface area (Å²) in [5.41, 5.74) is 1.74. The number of fused-ring (bicyclic) bond motifs is 2. The molecule has 8 heteroatoms. The average molecular weight is 488 g/mol. The molecular formula is C23H30BrN5O2. The van der Waals surface area contributed by atoms with Crippen LogP contribution in [0.5, 0.6) is 0 Å². The van der Waals surface area contributed by atoms with E-state index in [0.717, 1.165) is 17.9 Å². The van der Waals surface area contributed by atoms with E-state index in [1.807, 2.05) is 12.1 Å². The molecule has 5 atom stereocenters. The smallest absolute Gasteiger partial charge is 0.283 e. The summed E-state index contributed by atoms with van der Waals surface area (Å²) in [7, 11) is 0. The van der Waals surface area contributed by atoms with Gasteiger partial charge in [0.25, 0.3) is 5.56 Å². The lowest BCUT2D eigenvalue weighted by Gasteiger charge is -2.62. The summed E-state index contributed by atoms with van der Waals surface area (Å²) >= 11 is 3.45. The topological polar surface area (TPSA) is 88.9 Å². The van der Waals surface area contributed by atoms with E-state index in [0.29, 0.717) is 40.0 Å². The van der Waals surface area contributed by atoms with E-state index in [1.165, 1.54) is 11.1 Å². The van der Waals surface area contributed by atoms with Gasteiger partial charge in [0.2, 0.25) is 5.91 Å². The highest BCUT2D eigenvalue weighted by Crippen LogP contribution is 2.61. The van der Waals surface area contributed by atoms with Crippen LogP contribution in [0.4, 0.5) is 5.69 Å². The van der Waals surface area contributed by atoms with Crippen LogP contribution in [0.1, 0.15) is 52.1 Å². The van der Waals surface area contributed by atoms with Crippen LogP contribution in [0.3, 0.4) is 0 Å². The van der Waals surface area contributed by atoms with E-state index in [9.17, 15) is 9.59 Å². The summed E-state index contributed by atoms with van der Waals surface area (Å²) < 4.78 is 1.64. The summed E-state index contributed by atoms with van der Waals surface area (Å²) in [6.07, 6.45) is 7.42. The van der Waals surface area contributed by atoms with Crippen molar-refractivity contribution in [3.8, 4) is 0 Å². The first-order valence-electron chi connectivity index (χ1n) is 10.9. The summed E-state index contributed by atoms with van der Waals surface area (Å²) in [6, 6.07) is 3.28. The van der Waals surface area contributed by atoms with Gasteiger partial charge < -0.3 is 10.6 Å². The molecule has 166 valence electrons. The molecule has 0 aliphatic heterocycles. The highest BCUT2D eigenvalue weighted by molar-refractivity contribution is 9.10. The van der Waals surface area contributed by atoms with Crippen molar-refractivity contribution in [1.29, 1.82) is 0 Å². The van der Waals surface area contributed by atoms with Crippen LogP contribution in [0.2, 0.25) is 0 Å². The van der Waals surface area contributed by atoms with Crippen molar-refractivity contribution in [3.05, 3.63) is 51.1 Å². The largest absolute Gasteiger partial charge is 0.380 e. The molecule has 5 rings (SSSR count). The Hall–Kier alpha value is -2.22. The van der Waals surface area contributed by atoms with E-state index in [4.69, 9.17) is 0 Å². The first kappa shape index (κ1) is 22.0. The predicted molar refractivity (Wildman–Crippen MR) is 124 cm³/mol. The molecule has 0 saturated heterocycles. The zero-order chi connectivity index (χ0) is 22.3. The minimum Gasteiger partial charge on any atom is -0.380 e. The molecule has 0 aromatic carbocycles. The molecule has 1 unspecified atom stereocenters. The molecule has 0 radical (unpaired) electrons. The van der Waals surface area contributed by atoms with E-state index in [-0.39, 0.29) is 11.5 Å². The fourth-order valence-corrected chi connectivity index (χ4v) is 5.71. The van der Waals surface area contributed by atoms with Gasteiger partial charge in [-0.15, -0.1) is 0 Å². The molecular weight excluding hydrogens is 458 g/mol. The van der Waals surface area contributed by atoms with Crippen molar-refractivity contribution in [3.63, 3.8) is 0 Å². The molecule has 2 aromatic rings. The van der Waals surface area contributed by atoms with Gasteiger partial charge in [-0.05, 0) is 76.6 Å². The predicted octanol–water partition coefficient (Wildman–Crippen LogP) is 3.76. The number of carbonyl (C=O) groups excluding carboxylic acids is 1. The lowest BCUT2D eigenvalue weighted by Crippen LogP contribution is -2.58. The standard InChI is InChI=1S/C23H30BrN5O2/c1-13-17-9-16(23(17,3)4)10-18(13)28-19-12-27-29(22(31)20(19)24)14(2)21(30)26-11-15-5-7-25-8-6-15/h5-8,12-14,16-18,28H,9-11H2,1-4H3,(H,26,30)/t13-,14?,16+,17-,18-/m1/s1. The number of pyridine rings is 1. The van der Waals surface area contributed by atoms with Crippen molar-refractivity contribution < 1.29 is 4.79 Å². The van der Waals surface area contributed by atoms with Crippen LogP contribution in [0.15, 0.2) is 40.0 Å². The number of nitrogens with one attached hydrogen (secondary N) is 2. The Morgan fingerprint density at radius 3 is 2.68 bits per heavy atom. The van der Waals surface area contributed by atoms with Gasteiger partial charge in [0.1, 0.15) is 10.5 Å². The molecule has 3 saturated carbocycles. The first-order valence-corrected chi connectivity index (χ1v) is 11.7. The van der Waals surface area contributed by atoms with Crippen LogP contribution < -0.4 is 16.2 Å². The van der Waals surface area contributed by atoms with E-state index in [1.54, 1.807) is 25.5 Å². The lowest BCUT2D eigenvalue weighted by molar-refractivity contribution is -0.124. The maximum Gasteiger partial charge on any atom is 0.283 e. The van der Waals surface area contributed by atoms with Crippen molar-refractivity contribution in [1.82, 2.24) is 20.1 Å². The fourth-order valence-electron chi connectivity index (χ4n) is 5.31. The molecule has 2 bridgehead atoms. The number of carbonyl (C=O) groups is 1. The third-order valence-corrected chi connectivity index (χ3v) is 8.37. The molecule has 7 nitrogen and oxygen atoms in total. The first-order chi connectivity index (χ1) is 14.7. The van der Waals surface area contributed by atoms with Crippen molar-refractivity contribution >= 4 is 27.5 Å². The van der Waals surface area contributed by atoms with Gasteiger partial charge in [-0.1, -0.05) is 20.8 Å². The quantitative estimate of drug-likeness (QED) is 0.647. The summed E-state index contributed by atoms with van der Waals surface area (Å²) in [6.45, 7) is 9.10. The van der Waals surface area contributed by atoms with Crippen LogP contribution in [-0.2, 0) is 11.3 Å².